The highest BCUT2D eigenvalue weighted by Gasteiger charge is 2.34. The van der Waals surface area contributed by atoms with Crippen LogP contribution in [0, 0.1) is 18.8 Å². The number of ether oxygens (including phenoxy) is 3. The summed E-state index contributed by atoms with van der Waals surface area (Å²) < 4.78 is 16.8. The van der Waals surface area contributed by atoms with Crippen molar-refractivity contribution in [1.82, 2.24) is 15.3 Å². The topological polar surface area (TPSA) is 106 Å². The first-order valence-electron chi connectivity index (χ1n) is 11.6. The van der Waals surface area contributed by atoms with Crippen LogP contribution in [0.4, 0.5) is 5.69 Å². The molecule has 2 N–H and O–H groups in total. The molecular formula is C27H26N4O5. The molecule has 0 spiro atoms. The van der Waals surface area contributed by atoms with Gasteiger partial charge in [0.25, 0.3) is 5.91 Å². The summed E-state index contributed by atoms with van der Waals surface area (Å²) in [5, 5.41) is 13.1. The molecule has 4 heterocycles. The molecule has 184 valence electrons. The molecule has 1 saturated heterocycles. The average molecular weight is 487 g/mol. The van der Waals surface area contributed by atoms with Crippen molar-refractivity contribution < 1.29 is 24.1 Å². The molecule has 2 aliphatic heterocycles. The molecule has 0 aliphatic carbocycles. The summed E-state index contributed by atoms with van der Waals surface area (Å²) in [6, 6.07) is 12.3. The molecule has 2 aromatic heterocycles. The van der Waals surface area contributed by atoms with Gasteiger partial charge in [-0.1, -0.05) is 11.8 Å². The third-order valence-corrected chi connectivity index (χ3v) is 5.84. The molecule has 9 heteroatoms. The highest BCUT2D eigenvalue weighted by Crippen LogP contribution is 2.31. The molecular weight excluding hydrogens is 460 g/mol. The molecule has 0 radical (unpaired) electrons. The Morgan fingerprint density at radius 1 is 1.19 bits per heavy atom. The lowest BCUT2D eigenvalue weighted by Crippen LogP contribution is -2.48. The number of pyridine rings is 2. The smallest absolute Gasteiger partial charge is 0.270 e. The van der Waals surface area contributed by atoms with Crippen molar-refractivity contribution in [3.05, 3.63) is 71.8 Å². The Bertz CT molecular complexity index is 1330. The third-order valence-electron chi connectivity index (χ3n) is 5.84. The second-order valence-electron chi connectivity index (χ2n) is 8.93. The molecule has 1 amide bonds. The van der Waals surface area contributed by atoms with Gasteiger partial charge in [0.1, 0.15) is 29.5 Å². The minimum atomic E-state index is -1.07. The largest absolute Gasteiger partial charge is 0.489 e. The maximum atomic E-state index is 13.0. The van der Waals surface area contributed by atoms with Crippen molar-refractivity contribution in [3.63, 3.8) is 0 Å². The monoisotopic (exact) mass is 486 g/mol. The first kappa shape index (κ1) is 23.6. The number of hydrogen-bond donors (Lipinski definition) is 2. The van der Waals surface area contributed by atoms with Gasteiger partial charge in [-0.15, -0.1) is 0 Å². The molecule has 1 atom stereocenters. The van der Waals surface area contributed by atoms with E-state index in [4.69, 9.17) is 14.2 Å². The van der Waals surface area contributed by atoms with E-state index in [2.05, 4.69) is 27.1 Å². The van der Waals surface area contributed by atoms with Crippen LogP contribution in [0.3, 0.4) is 0 Å². The van der Waals surface area contributed by atoms with Gasteiger partial charge in [-0.3, -0.25) is 14.8 Å². The van der Waals surface area contributed by atoms with E-state index in [1.807, 2.05) is 49.2 Å². The van der Waals surface area contributed by atoms with E-state index in [-0.39, 0.29) is 30.9 Å². The standard InChI is InChI=1S/C27H26N4O5/c1-18-3-5-22(13-29-18)36-21-8-10-28-23(12-21)26(32)30-20-14-31(2)24-11-19(4-6-25(24)35-15-20)7-9-27(33)16-34-17-27/h3-6,8,10-13,20,33H,14-17H2,1-2H3,(H,30,32)/t20-/m1/s1. The number of hydrogen-bond acceptors (Lipinski definition) is 8. The van der Waals surface area contributed by atoms with Crippen LogP contribution in [-0.2, 0) is 4.74 Å². The quantitative estimate of drug-likeness (QED) is 0.542. The number of nitrogens with zero attached hydrogens (tertiary/aromatic N) is 3. The number of aryl methyl sites for hydroxylation is 1. The zero-order valence-corrected chi connectivity index (χ0v) is 20.0. The Morgan fingerprint density at radius 3 is 2.81 bits per heavy atom. The minimum Gasteiger partial charge on any atom is -0.489 e. The Balaban J connectivity index is 1.24. The summed E-state index contributed by atoms with van der Waals surface area (Å²) in [5.74, 6) is 7.33. The fourth-order valence-electron chi connectivity index (χ4n) is 3.84. The molecule has 36 heavy (non-hydrogen) atoms. The van der Waals surface area contributed by atoms with Gasteiger partial charge in [0.15, 0.2) is 5.60 Å². The summed E-state index contributed by atoms with van der Waals surface area (Å²) in [5.41, 5.74) is 1.68. The number of benzene rings is 1. The first-order chi connectivity index (χ1) is 17.4. The van der Waals surface area contributed by atoms with Gasteiger partial charge in [-0.2, -0.15) is 0 Å². The number of aromatic nitrogens is 2. The molecule has 2 aliphatic rings. The van der Waals surface area contributed by atoms with Crippen LogP contribution in [-0.4, -0.2) is 66.0 Å². The lowest BCUT2D eigenvalue weighted by molar-refractivity contribution is -0.140. The van der Waals surface area contributed by atoms with E-state index in [0.29, 0.717) is 30.4 Å². The first-order valence-corrected chi connectivity index (χ1v) is 11.6. The number of carbonyl (C=O) groups is 1. The third kappa shape index (κ3) is 5.40. The van der Waals surface area contributed by atoms with Gasteiger partial charge < -0.3 is 29.5 Å². The number of anilines is 1. The van der Waals surface area contributed by atoms with Crippen molar-refractivity contribution in [3.8, 4) is 29.1 Å². The van der Waals surface area contributed by atoms with Gasteiger partial charge in [0, 0.05) is 37.1 Å². The fourth-order valence-corrected chi connectivity index (χ4v) is 3.84. The predicted molar refractivity (Wildman–Crippen MR) is 132 cm³/mol. The number of rotatable bonds is 4. The van der Waals surface area contributed by atoms with Crippen molar-refractivity contribution in [2.24, 2.45) is 0 Å². The summed E-state index contributed by atoms with van der Waals surface area (Å²) in [6.07, 6.45) is 3.17. The Morgan fingerprint density at radius 2 is 2.06 bits per heavy atom. The molecule has 0 bridgehead atoms. The number of aliphatic hydroxyl groups is 1. The lowest BCUT2D eigenvalue weighted by Gasteiger charge is -2.30. The van der Waals surface area contributed by atoms with E-state index in [1.165, 1.54) is 6.20 Å². The average Bonchev–Trinajstić information content (AvgIpc) is 3.01. The second-order valence-corrected chi connectivity index (χ2v) is 8.93. The predicted octanol–water partition coefficient (Wildman–Crippen LogP) is 2.32. The van der Waals surface area contributed by atoms with E-state index in [9.17, 15) is 9.90 Å². The number of carbonyl (C=O) groups excluding carboxylic acids is 1. The Hall–Kier alpha value is -4.13. The number of nitrogens with one attached hydrogen (secondary N) is 1. The fraction of sp³-hybridized carbons (Fsp3) is 0.296. The second kappa shape index (κ2) is 9.85. The molecule has 1 fully saturated rings. The zero-order valence-electron chi connectivity index (χ0n) is 20.0. The summed E-state index contributed by atoms with van der Waals surface area (Å²) in [6.45, 7) is 3.18. The molecule has 3 aromatic rings. The van der Waals surface area contributed by atoms with E-state index in [0.717, 1.165) is 16.9 Å². The lowest BCUT2D eigenvalue weighted by atomic mass is 10.0. The maximum absolute atomic E-state index is 13.0. The van der Waals surface area contributed by atoms with E-state index >= 15 is 0 Å². The number of amides is 1. The normalized spacial score (nSPS) is 17.9. The molecule has 5 rings (SSSR count). The van der Waals surface area contributed by atoms with Crippen LogP contribution in [0.2, 0.25) is 0 Å². The van der Waals surface area contributed by atoms with Crippen molar-refractivity contribution in [2.75, 3.05) is 38.3 Å². The van der Waals surface area contributed by atoms with Gasteiger partial charge in [0.05, 0.1) is 31.1 Å². The van der Waals surface area contributed by atoms with Gasteiger partial charge in [0.2, 0.25) is 0 Å². The van der Waals surface area contributed by atoms with Crippen LogP contribution < -0.4 is 19.7 Å². The van der Waals surface area contributed by atoms with E-state index in [1.54, 1.807) is 18.3 Å². The summed E-state index contributed by atoms with van der Waals surface area (Å²) in [7, 11) is 1.93. The SMILES string of the molecule is Cc1ccc(Oc2ccnc(C(=O)N[C@H]3COc4ccc(C#CC5(O)COC5)cc4N(C)C3)c2)cn1. The molecule has 0 saturated carbocycles. The zero-order chi connectivity index (χ0) is 25.1. The molecule has 9 nitrogen and oxygen atoms in total. The van der Waals surface area contributed by atoms with Crippen LogP contribution in [0.1, 0.15) is 21.7 Å². The minimum absolute atomic E-state index is 0.225. The maximum Gasteiger partial charge on any atom is 0.270 e. The van der Waals surface area contributed by atoms with Gasteiger partial charge in [-0.25, -0.2) is 0 Å². The van der Waals surface area contributed by atoms with Crippen LogP contribution >= 0.6 is 0 Å². The number of likely N-dealkylation sites (N-methyl/N-ethyl adjacent to an activating group) is 1. The van der Waals surface area contributed by atoms with Crippen LogP contribution in [0.15, 0.2) is 54.9 Å². The highest BCUT2D eigenvalue weighted by molar-refractivity contribution is 5.92. The van der Waals surface area contributed by atoms with Crippen molar-refractivity contribution in [1.29, 1.82) is 0 Å². The number of fused-ring (bicyclic) bond motifs is 1. The summed E-state index contributed by atoms with van der Waals surface area (Å²) in [4.78, 5) is 23.4. The van der Waals surface area contributed by atoms with Crippen LogP contribution in [0.5, 0.6) is 17.2 Å². The highest BCUT2D eigenvalue weighted by atomic mass is 16.5. The van der Waals surface area contributed by atoms with E-state index < -0.39 is 5.60 Å². The van der Waals surface area contributed by atoms with Crippen molar-refractivity contribution in [2.45, 2.75) is 18.6 Å². The van der Waals surface area contributed by atoms with Gasteiger partial charge >= 0.3 is 0 Å². The van der Waals surface area contributed by atoms with Gasteiger partial charge in [-0.05, 0) is 43.3 Å². The molecule has 0 unspecified atom stereocenters. The Kier molecular flexibility index (Phi) is 6.46. The van der Waals surface area contributed by atoms with Crippen molar-refractivity contribution >= 4 is 11.6 Å². The summed E-state index contributed by atoms with van der Waals surface area (Å²) >= 11 is 0. The Labute approximate surface area is 209 Å². The molecule has 1 aromatic carbocycles. The van der Waals surface area contributed by atoms with Crippen LogP contribution in [0.25, 0.3) is 0 Å².